The number of morpholine rings is 1. The van der Waals surface area contributed by atoms with Crippen molar-refractivity contribution in [2.45, 2.75) is 32.0 Å². The first-order chi connectivity index (χ1) is 12.1. The van der Waals surface area contributed by atoms with Crippen molar-refractivity contribution in [3.63, 3.8) is 0 Å². The van der Waals surface area contributed by atoms with Crippen molar-refractivity contribution in [2.75, 3.05) is 45.9 Å². The highest BCUT2D eigenvalue weighted by Crippen LogP contribution is 2.36. The van der Waals surface area contributed by atoms with Crippen LogP contribution in [0.4, 0.5) is 0 Å². The number of piperazine rings is 1. The van der Waals surface area contributed by atoms with Gasteiger partial charge in [0.15, 0.2) is 0 Å². The molecular weight excluding hydrogens is 316 g/mol. The molecule has 3 aliphatic heterocycles. The van der Waals surface area contributed by atoms with E-state index < -0.39 is 0 Å². The Labute approximate surface area is 149 Å². The number of fused-ring (bicyclic) bond motifs is 2. The number of hydrogen-bond donors (Lipinski definition) is 0. The van der Waals surface area contributed by atoms with Crippen molar-refractivity contribution < 1.29 is 9.53 Å². The number of ether oxygens (including phenoxy) is 1. The van der Waals surface area contributed by atoms with E-state index in [1.165, 1.54) is 5.56 Å². The number of nitrogens with zero attached hydrogens (tertiary/aromatic N) is 4. The molecule has 0 bridgehead atoms. The third kappa shape index (κ3) is 3.18. The van der Waals surface area contributed by atoms with E-state index in [9.17, 15) is 4.79 Å². The molecule has 0 saturated carbocycles. The predicted octanol–water partition coefficient (Wildman–Crippen LogP) is 0.835. The average Bonchev–Trinajstić information content (AvgIpc) is 2.60. The van der Waals surface area contributed by atoms with Gasteiger partial charge in [-0.15, -0.1) is 0 Å². The molecule has 1 aromatic heterocycles. The summed E-state index contributed by atoms with van der Waals surface area (Å²) < 4.78 is 5.71. The van der Waals surface area contributed by atoms with Crippen molar-refractivity contribution in [1.29, 1.82) is 0 Å². The van der Waals surface area contributed by atoms with Gasteiger partial charge in [-0.25, -0.2) is 0 Å². The van der Waals surface area contributed by atoms with Crippen LogP contribution in [-0.4, -0.2) is 83.1 Å². The molecule has 136 valence electrons. The minimum absolute atomic E-state index is 0.0553. The average molecular weight is 344 g/mol. The Morgan fingerprint density at radius 2 is 2.24 bits per heavy atom. The van der Waals surface area contributed by atoms with Crippen LogP contribution in [-0.2, 0) is 16.1 Å². The molecule has 0 radical (unpaired) electrons. The van der Waals surface area contributed by atoms with E-state index in [-0.39, 0.29) is 17.4 Å². The molecule has 0 aliphatic carbocycles. The lowest BCUT2D eigenvalue weighted by Crippen LogP contribution is -2.80. The topological polar surface area (TPSA) is 48.9 Å². The van der Waals surface area contributed by atoms with E-state index in [2.05, 4.69) is 25.8 Å². The van der Waals surface area contributed by atoms with E-state index in [0.29, 0.717) is 6.04 Å². The zero-order chi connectivity index (χ0) is 17.4. The second-order valence-corrected chi connectivity index (χ2v) is 8.03. The van der Waals surface area contributed by atoms with E-state index >= 15 is 0 Å². The molecule has 0 aromatic carbocycles. The van der Waals surface area contributed by atoms with Gasteiger partial charge in [0.05, 0.1) is 24.8 Å². The van der Waals surface area contributed by atoms with Crippen LogP contribution in [0, 0.1) is 5.92 Å². The summed E-state index contributed by atoms with van der Waals surface area (Å²) in [6.07, 6.45) is 3.76. The van der Waals surface area contributed by atoms with Crippen LogP contribution in [0.25, 0.3) is 0 Å². The summed E-state index contributed by atoms with van der Waals surface area (Å²) in [5, 5.41) is 0. The van der Waals surface area contributed by atoms with Crippen molar-refractivity contribution >= 4 is 5.91 Å². The first-order valence-corrected chi connectivity index (χ1v) is 9.32. The maximum absolute atomic E-state index is 12.6. The minimum Gasteiger partial charge on any atom is -0.378 e. The zero-order valence-electron chi connectivity index (χ0n) is 15.2. The Kier molecular flexibility index (Phi) is 4.52. The van der Waals surface area contributed by atoms with E-state index in [1.807, 2.05) is 32.3 Å². The predicted molar refractivity (Wildman–Crippen MR) is 95.0 cm³/mol. The summed E-state index contributed by atoms with van der Waals surface area (Å²) in [6.45, 7) is 11.1. The summed E-state index contributed by atoms with van der Waals surface area (Å²) in [5.41, 5.74) is 1.35. The number of likely N-dealkylation sites (tertiary alicyclic amines) is 1. The first-order valence-electron chi connectivity index (χ1n) is 9.32. The molecule has 1 spiro atoms. The highest BCUT2D eigenvalue weighted by atomic mass is 16.5. The smallest absolute Gasteiger partial charge is 0.225 e. The van der Waals surface area contributed by atoms with Gasteiger partial charge in [-0.3, -0.25) is 19.6 Å². The molecule has 3 aliphatic rings. The standard InChI is InChI=1S/C19H28N4O2/c1-15(2)18(24)22-10-17-11-25-7-6-23(17)19(14-22)12-21(13-19)9-16-4-3-5-20-8-16/h3-5,8,15,17H,6-7,9-14H2,1-2H3. The molecule has 0 N–H and O–H groups in total. The SMILES string of the molecule is CC(C)C(=O)N1CC2COCCN2C2(CN(Cc3cccnc3)C2)C1. The van der Waals surface area contributed by atoms with Gasteiger partial charge in [0.25, 0.3) is 0 Å². The van der Waals surface area contributed by atoms with Gasteiger partial charge in [0.1, 0.15) is 0 Å². The van der Waals surface area contributed by atoms with Gasteiger partial charge < -0.3 is 9.64 Å². The molecule has 6 nitrogen and oxygen atoms in total. The van der Waals surface area contributed by atoms with Crippen molar-refractivity contribution in [3.8, 4) is 0 Å². The monoisotopic (exact) mass is 344 g/mol. The van der Waals surface area contributed by atoms with Gasteiger partial charge in [-0.2, -0.15) is 0 Å². The summed E-state index contributed by atoms with van der Waals surface area (Å²) in [5.74, 6) is 0.329. The number of aromatic nitrogens is 1. The van der Waals surface area contributed by atoms with Crippen molar-refractivity contribution in [1.82, 2.24) is 19.7 Å². The van der Waals surface area contributed by atoms with Crippen LogP contribution in [0.1, 0.15) is 19.4 Å². The van der Waals surface area contributed by atoms with E-state index in [4.69, 9.17) is 4.74 Å². The van der Waals surface area contributed by atoms with Gasteiger partial charge in [0, 0.05) is 57.6 Å². The highest BCUT2D eigenvalue weighted by Gasteiger charge is 2.54. The number of rotatable bonds is 3. The molecule has 25 heavy (non-hydrogen) atoms. The largest absolute Gasteiger partial charge is 0.378 e. The van der Waals surface area contributed by atoms with Crippen LogP contribution in [0.2, 0.25) is 0 Å². The van der Waals surface area contributed by atoms with Crippen LogP contribution >= 0.6 is 0 Å². The summed E-state index contributed by atoms with van der Waals surface area (Å²) in [6, 6.07) is 4.46. The zero-order valence-corrected chi connectivity index (χ0v) is 15.2. The Bertz CT molecular complexity index is 615. The molecule has 3 saturated heterocycles. The van der Waals surface area contributed by atoms with E-state index in [1.54, 1.807) is 0 Å². The second kappa shape index (κ2) is 6.67. The van der Waals surface area contributed by atoms with Crippen LogP contribution in [0.3, 0.4) is 0 Å². The fourth-order valence-corrected chi connectivity index (χ4v) is 4.66. The maximum Gasteiger partial charge on any atom is 0.225 e. The van der Waals surface area contributed by atoms with Gasteiger partial charge >= 0.3 is 0 Å². The molecule has 4 heterocycles. The molecule has 1 atom stereocenters. The number of amides is 1. The Morgan fingerprint density at radius 3 is 2.96 bits per heavy atom. The number of pyridine rings is 1. The van der Waals surface area contributed by atoms with Crippen LogP contribution in [0.15, 0.2) is 24.5 Å². The third-order valence-electron chi connectivity index (χ3n) is 5.72. The molecule has 1 amide bonds. The van der Waals surface area contributed by atoms with Gasteiger partial charge in [-0.05, 0) is 11.6 Å². The quantitative estimate of drug-likeness (QED) is 0.813. The Balaban J connectivity index is 1.47. The van der Waals surface area contributed by atoms with Crippen molar-refractivity contribution in [2.24, 2.45) is 5.92 Å². The Hall–Kier alpha value is -1.50. The first kappa shape index (κ1) is 16.9. The molecule has 4 rings (SSSR count). The molecule has 6 heteroatoms. The highest BCUT2D eigenvalue weighted by molar-refractivity contribution is 5.78. The maximum atomic E-state index is 12.6. The fourth-order valence-electron chi connectivity index (χ4n) is 4.66. The lowest BCUT2D eigenvalue weighted by molar-refractivity contribution is -0.177. The van der Waals surface area contributed by atoms with Crippen LogP contribution in [0.5, 0.6) is 0 Å². The Morgan fingerprint density at radius 1 is 1.40 bits per heavy atom. The van der Waals surface area contributed by atoms with E-state index in [0.717, 1.165) is 52.5 Å². The lowest BCUT2D eigenvalue weighted by Gasteiger charge is -2.63. The number of hydrogen-bond acceptors (Lipinski definition) is 5. The van der Waals surface area contributed by atoms with Gasteiger partial charge in [-0.1, -0.05) is 19.9 Å². The summed E-state index contributed by atoms with van der Waals surface area (Å²) in [4.78, 5) is 24.0. The molecule has 1 unspecified atom stereocenters. The van der Waals surface area contributed by atoms with Crippen LogP contribution < -0.4 is 0 Å². The fraction of sp³-hybridized carbons (Fsp3) is 0.684. The third-order valence-corrected chi connectivity index (χ3v) is 5.72. The molecule has 1 aromatic rings. The second-order valence-electron chi connectivity index (χ2n) is 8.03. The van der Waals surface area contributed by atoms with Crippen molar-refractivity contribution in [3.05, 3.63) is 30.1 Å². The molecule has 3 fully saturated rings. The van der Waals surface area contributed by atoms with Gasteiger partial charge in [0.2, 0.25) is 5.91 Å². The summed E-state index contributed by atoms with van der Waals surface area (Å²) >= 11 is 0. The number of carbonyl (C=O) groups is 1. The lowest BCUT2D eigenvalue weighted by atomic mass is 9.82. The summed E-state index contributed by atoms with van der Waals surface area (Å²) in [7, 11) is 0. The normalized spacial score (nSPS) is 26.5. The molecular formula is C19H28N4O2. The minimum atomic E-state index is 0.0553. The number of carbonyl (C=O) groups excluding carboxylic acids is 1.